The van der Waals surface area contributed by atoms with Crippen molar-refractivity contribution in [3.05, 3.63) is 82.7 Å². The number of carbonyl (C=O) groups is 1. The van der Waals surface area contributed by atoms with Crippen LogP contribution in [-0.4, -0.2) is 58.8 Å². The Kier molecular flexibility index (Phi) is 7.87. The van der Waals surface area contributed by atoms with Gasteiger partial charge in [-0.05, 0) is 49.8 Å². The van der Waals surface area contributed by atoms with Gasteiger partial charge in [-0.3, -0.25) is 14.4 Å². The van der Waals surface area contributed by atoms with E-state index in [9.17, 15) is 4.79 Å². The number of benzene rings is 2. The number of rotatable bonds is 8. The maximum absolute atomic E-state index is 12.8. The highest BCUT2D eigenvalue weighted by molar-refractivity contribution is 5.91. The maximum Gasteiger partial charge on any atom is 0.246 e. The zero-order valence-electron chi connectivity index (χ0n) is 21.0. The molecule has 1 aromatic heterocycles. The number of carbonyl (C=O) groups excluding carboxylic acids is 1. The van der Waals surface area contributed by atoms with Gasteiger partial charge >= 0.3 is 0 Å². The molecule has 1 fully saturated rings. The van der Waals surface area contributed by atoms with E-state index in [4.69, 9.17) is 9.47 Å². The molecule has 0 spiro atoms. The molecule has 1 aliphatic rings. The van der Waals surface area contributed by atoms with Gasteiger partial charge in [0.15, 0.2) is 0 Å². The Morgan fingerprint density at radius 2 is 1.77 bits per heavy atom. The van der Waals surface area contributed by atoms with E-state index >= 15 is 0 Å². The molecule has 0 saturated carbocycles. The van der Waals surface area contributed by atoms with Crippen molar-refractivity contribution in [2.75, 3.05) is 33.3 Å². The lowest BCUT2D eigenvalue weighted by Gasteiger charge is -2.34. The van der Waals surface area contributed by atoms with Gasteiger partial charge in [0, 0.05) is 63.2 Å². The third-order valence-corrected chi connectivity index (χ3v) is 6.33. The van der Waals surface area contributed by atoms with Crippen molar-refractivity contribution < 1.29 is 14.3 Å². The molecule has 2 aromatic carbocycles. The Bertz CT molecular complexity index is 1180. The molecule has 0 atom stereocenters. The second-order valence-electron chi connectivity index (χ2n) is 9.02. The topological polar surface area (TPSA) is 59.8 Å². The highest BCUT2D eigenvalue weighted by atomic mass is 16.5. The first kappa shape index (κ1) is 24.5. The summed E-state index contributed by atoms with van der Waals surface area (Å²) in [6.07, 6.45) is 5.60. The first-order valence-corrected chi connectivity index (χ1v) is 12.0. The summed E-state index contributed by atoms with van der Waals surface area (Å²) in [6.45, 7) is 8.51. The van der Waals surface area contributed by atoms with Gasteiger partial charge in [0.05, 0.1) is 12.8 Å². The van der Waals surface area contributed by atoms with Crippen LogP contribution in [0, 0.1) is 13.8 Å². The fourth-order valence-electron chi connectivity index (χ4n) is 4.25. The van der Waals surface area contributed by atoms with Gasteiger partial charge < -0.3 is 14.4 Å². The van der Waals surface area contributed by atoms with Gasteiger partial charge in [0.1, 0.15) is 18.1 Å². The molecule has 4 rings (SSSR count). The number of nitrogens with zero attached hydrogens (tertiary/aromatic N) is 4. The Morgan fingerprint density at radius 1 is 1.03 bits per heavy atom. The molecule has 0 radical (unpaired) electrons. The van der Waals surface area contributed by atoms with Gasteiger partial charge in [-0.1, -0.05) is 23.8 Å². The molecule has 1 aliphatic heterocycles. The fraction of sp³-hybridized carbons (Fsp3) is 0.357. The zero-order valence-corrected chi connectivity index (χ0v) is 21.0. The van der Waals surface area contributed by atoms with E-state index < -0.39 is 0 Å². The predicted molar refractivity (Wildman–Crippen MR) is 137 cm³/mol. The molecule has 184 valence electrons. The normalized spacial score (nSPS) is 14.5. The van der Waals surface area contributed by atoms with Crippen LogP contribution in [0.3, 0.4) is 0 Å². The lowest BCUT2D eigenvalue weighted by molar-refractivity contribution is -0.127. The number of methoxy groups -OCH3 is 1. The van der Waals surface area contributed by atoms with Crippen LogP contribution >= 0.6 is 0 Å². The van der Waals surface area contributed by atoms with E-state index in [1.54, 1.807) is 13.2 Å². The van der Waals surface area contributed by atoms with Crippen LogP contribution in [0.2, 0.25) is 0 Å². The van der Waals surface area contributed by atoms with Crippen molar-refractivity contribution >= 4 is 12.0 Å². The van der Waals surface area contributed by atoms with E-state index in [0.717, 1.165) is 61.0 Å². The molecule has 0 aliphatic carbocycles. The number of hydrogen-bond acceptors (Lipinski definition) is 5. The summed E-state index contributed by atoms with van der Waals surface area (Å²) in [5.74, 6) is 1.61. The Morgan fingerprint density at radius 3 is 2.43 bits per heavy atom. The first-order chi connectivity index (χ1) is 16.9. The van der Waals surface area contributed by atoms with Crippen molar-refractivity contribution in [2.24, 2.45) is 7.05 Å². The molecular weight excluding hydrogens is 440 g/mol. The van der Waals surface area contributed by atoms with E-state index in [0.29, 0.717) is 6.61 Å². The van der Waals surface area contributed by atoms with Crippen LogP contribution in [0.5, 0.6) is 11.5 Å². The summed E-state index contributed by atoms with van der Waals surface area (Å²) in [6, 6.07) is 13.8. The summed E-state index contributed by atoms with van der Waals surface area (Å²) < 4.78 is 13.3. The van der Waals surface area contributed by atoms with E-state index in [-0.39, 0.29) is 5.91 Å². The van der Waals surface area contributed by atoms with Crippen molar-refractivity contribution in [3.8, 4) is 11.5 Å². The fourth-order valence-corrected chi connectivity index (χ4v) is 4.25. The Labute approximate surface area is 207 Å². The molecule has 0 N–H and O–H groups in total. The minimum atomic E-state index is 0.0375. The molecule has 7 nitrogen and oxygen atoms in total. The molecule has 3 aromatic rings. The summed E-state index contributed by atoms with van der Waals surface area (Å²) in [5, 5.41) is 4.42. The molecule has 7 heteroatoms. The molecule has 0 unspecified atom stereocenters. The summed E-state index contributed by atoms with van der Waals surface area (Å²) in [5.41, 5.74) is 5.37. The maximum atomic E-state index is 12.8. The van der Waals surface area contributed by atoms with Crippen LogP contribution in [0.4, 0.5) is 0 Å². The highest BCUT2D eigenvalue weighted by Crippen LogP contribution is 2.23. The first-order valence-electron chi connectivity index (χ1n) is 12.0. The monoisotopic (exact) mass is 474 g/mol. The quantitative estimate of drug-likeness (QED) is 0.462. The van der Waals surface area contributed by atoms with Crippen LogP contribution in [0.1, 0.15) is 27.9 Å². The molecular formula is C28H34N4O3. The van der Waals surface area contributed by atoms with Crippen molar-refractivity contribution in [1.29, 1.82) is 0 Å². The van der Waals surface area contributed by atoms with E-state index in [2.05, 4.69) is 16.2 Å². The van der Waals surface area contributed by atoms with Gasteiger partial charge in [-0.2, -0.15) is 5.10 Å². The largest absolute Gasteiger partial charge is 0.496 e. The number of ether oxygens (including phenoxy) is 2. The van der Waals surface area contributed by atoms with Gasteiger partial charge in [0.2, 0.25) is 5.91 Å². The number of piperazine rings is 1. The van der Waals surface area contributed by atoms with E-state index in [1.165, 1.54) is 11.1 Å². The summed E-state index contributed by atoms with van der Waals surface area (Å²) >= 11 is 0. The predicted octanol–water partition coefficient (Wildman–Crippen LogP) is 3.98. The van der Waals surface area contributed by atoms with Crippen LogP contribution in [-0.2, 0) is 25.0 Å². The van der Waals surface area contributed by atoms with Crippen molar-refractivity contribution in [1.82, 2.24) is 19.6 Å². The second-order valence-corrected chi connectivity index (χ2v) is 9.02. The van der Waals surface area contributed by atoms with Gasteiger partial charge in [-0.25, -0.2) is 0 Å². The smallest absolute Gasteiger partial charge is 0.246 e. The third kappa shape index (κ3) is 6.51. The lowest BCUT2D eigenvalue weighted by Crippen LogP contribution is -2.47. The lowest BCUT2D eigenvalue weighted by atomic mass is 10.1. The number of aryl methyl sites for hydroxylation is 3. The summed E-state index contributed by atoms with van der Waals surface area (Å²) in [4.78, 5) is 17.1. The van der Waals surface area contributed by atoms with Crippen LogP contribution in [0.25, 0.3) is 6.08 Å². The molecule has 1 saturated heterocycles. The molecule has 35 heavy (non-hydrogen) atoms. The van der Waals surface area contributed by atoms with Crippen LogP contribution in [0.15, 0.2) is 54.7 Å². The zero-order chi connectivity index (χ0) is 24.8. The average Bonchev–Trinajstić information content (AvgIpc) is 3.18. The van der Waals surface area contributed by atoms with Crippen molar-refractivity contribution in [2.45, 2.75) is 27.0 Å². The Hall–Kier alpha value is -3.58. The minimum absolute atomic E-state index is 0.0375. The minimum Gasteiger partial charge on any atom is -0.496 e. The molecule has 1 amide bonds. The number of aromatic nitrogens is 2. The summed E-state index contributed by atoms with van der Waals surface area (Å²) in [7, 11) is 3.60. The average molecular weight is 475 g/mol. The highest BCUT2D eigenvalue weighted by Gasteiger charge is 2.20. The van der Waals surface area contributed by atoms with Gasteiger partial charge in [-0.15, -0.1) is 0 Å². The SMILES string of the molecule is COc1ccc(/C=C/C(=O)N2CCN(Cc3cn(C)nc3C)CC2)cc1COc1ccc(C)cc1. The third-order valence-electron chi connectivity index (χ3n) is 6.33. The van der Waals surface area contributed by atoms with E-state index in [1.807, 2.05) is 79.0 Å². The second kappa shape index (κ2) is 11.2. The Balaban J connectivity index is 1.32. The standard InChI is InChI=1S/C28H34N4O3/c1-21-5-9-26(10-6-21)35-20-24-17-23(7-11-27(24)34-4)8-12-28(33)32-15-13-31(14-16-32)19-25-18-30(3)29-22(25)2/h5-12,17-18H,13-16,19-20H2,1-4H3/b12-8+. The number of amides is 1. The van der Waals surface area contributed by atoms with Crippen molar-refractivity contribution in [3.63, 3.8) is 0 Å². The molecule has 0 bridgehead atoms. The van der Waals surface area contributed by atoms with Crippen LogP contribution < -0.4 is 9.47 Å². The number of hydrogen-bond donors (Lipinski definition) is 0. The molecule has 2 heterocycles. The van der Waals surface area contributed by atoms with Gasteiger partial charge in [0.25, 0.3) is 0 Å².